The Morgan fingerprint density at radius 3 is 1.88 bits per heavy atom. The minimum absolute atomic E-state index is 1.16. The van der Waals surface area contributed by atoms with Crippen LogP contribution in [0.15, 0.2) is 0 Å². The Kier molecular flexibility index (Phi) is 2.43. The van der Waals surface area contributed by atoms with Crippen LogP contribution >= 0.6 is 0 Å². The molecule has 0 aromatic rings. The monoisotopic (exact) mass is 136 g/mol. The molecule has 0 spiro atoms. The van der Waals surface area contributed by atoms with Crippen LogP contribution in [0.3, 0.4) is 0 Å². The summed E-state index contributed by atoms with van der Waals surface area (Å²) in [5, 5.41) is 0. The maximum Gasteiger partial charge on any atom is 0.211 e. The molecule has 0 aromatic carbocycles. The van der Waals surface area contributed by atoms with Gasteiger partial charge in [-0.3, -0.25) is 0 Å². The van der Waals surface area contributed by atoms with Gasteiger partial charge in [0, 0.05) is 13.6 Å². The van der Waals surface area contributed by atoms with Crippen molar-refractivity contribution in [3.05, 3.63) is 6.54 Å². The highest BCUT2D eigenvalue weighted by atomic mass is 32.2. The summed E-state index contributed by atoms with van der Waals surface area (Å²) in [5.74, 6) is 0. The fraction of sp³-hybridized carbons (Fsp3) is 0.750. The van der Waals surface area contributed by atoms with E-state index in [1.165, 1.54) is 13.6 Å². The molecule has 3 nitrogen and oxygen atoms in total. The molecule has 0 saturated carbocycles. The molecule has 0 unspecified atom stereocenters. The SMILES string of the molecule is C[CH]N(C)S(C)(=O)=O. The van der Waals surface area contributed by atoms with Crippen molar-refractivity contribution in [1.29, 1.82) is 0 Å². The summed E-state index contributed by atoms with van der Waals surface area (Å²) in [7, 11) is -1.48. The number of sulfonamides is 1. The van der Waals surface area contributed by atoms with Crippen LogP contribution < -0.4 is 0 Å². The lowest BCUT2D eigenvalue weighted by atomic mass is 10.8. The molecule has 0 N–H and O–H groups in total. The highest BCUT2D eigenvalue weighted by Gasteiger charge is 2.05. The van der Waals surface area contributed by atoms with Gasteiger partial charge in [0.1, 0.15) is 0 Å². The zero-order chi connectivity index (χ0) is 6.78. The van der Waals surface area contributed by atoms with Gasteiger partial charge in [0.2, 0.25) is 10.0 Å². The number of hydrogen-bond donors (Lipinski definition) is 0. The molecule has 0 aliphatic carbocycles. The number of rotatable bonds is 2. The van der Waals surface area contributed by atoms with E-state index >= 15 is 0 Å². The van der Waals surface area contributed by atoms with Crippen molar-refractivity contribution in [3.8, 4) is 0 Å². The van der Waals surface area contributed by atoms with E-state index < -0.39 is 10.0 Å². The topological polar surface area (TPSA) is 37.4 Å². The van der Waals surface area contributed by atoms with E-state index in [2.05, 4.69) is 0 Å². The van der Waals surface area contributed by atoms with Gasteiger partial charge < -0.3 is 0 Å². The van der Waals surface area contributed by atoms with Crippen LogP contribution in [0.5, 0.6) is 0 Å². The summed E-state index contributed by atoms with van der Waals surface area (Å²) in [6.45, 7) is 3.16. The minimum atomic E-state index is -2.98. The molecule has 0 fully saturated rings. The molecule has 49 valence electrons. The Hall–Kier alpha value is -0.0900. The maximum absolute atomic E-state index is 10.5. The van der Waals surface area contributed by atoms with Gasteiger partial charge >= 0.3 is 0 Å². The third kappa shape index (κ3) is 2.28. The van der Waals surface area contributed by atoms with Gasteiger partial charge in [0.25, 0.3) is 0 Å². The number of hydrogen-bond acceptors (Lipinski definition) is 2. The molecular formula is C4H10NO2S. The first-order valence-corrected chi connectivity index (χ1v) is 4.06. The lowest BCUT2D eigenvalue weighted by Crippen LogP contribution is -2.21. The van der Waals surface area contributed by atoms with Crippen molar-refractivity contribution in [3.63, 3.8) is 0 Å². The second-order valence-corrected chi connectivity index (χ2v) is 3.58. The molecule has 0 bridgehead atoms. The summed E-state index contributed by atoms with van der Waals surface area (Å²) in [4.78, 5) is 0. The predicted octanol–water partition coefficient (Wildman–Crippen LogP) is 0.0595. The second kappa shape index (κ2) is 2.46. The zero-order valence-corrected chi connectivity index (χ0v) is 6.07. The van der Waals surface area contributed by atoms with Gasteiger partial charge in [-0.1, -0.05) is 0 Å². The standard InChI is InChI=1S/C4H10NO2S/c1-4-5(2)8(3,6)7/h4H,1-3H3. The molecule has 0 heterocycles. The summed E-state index contributed by atoms with van der Waals surface area (Å²) in [6.07, 6.45) is 1.16. The van der Waals surface area contributed by atoms with E-state index in [1.54, 1.807) is 6.92 Å². The molecule has 0 saturated heterocycles. The highest BCUT2D eigenvalue weighted by molar-refractivity contribution is 7.88. The highest BCUT2D eigenvalue weighted by Crippen LogP contribution is 1.93. The predicted molar refractivity (Wildman–Crippen MR) is 32.6 cm³/mol. The molecule has 1 radical (unpaired) electrons. The smallest absolute Gasteiger partial charge is 0.211 e. The van der Waals surface area contributed by atoms with Crippen molar-refractivity contribution in [1.82, 2.24) is 4.31 Å². The van der Waals surface area contributed by atoms with Crippen LogP contribution in [0.2, 0.25) is 0 Å². The summed E-state index contributed by atoms with van der Waals surface area (Å²) < 4.78 is 22.1. The lowest BCUT2D eigenvalue weighted by molar-refractivity contribution is 0.527. The summed E-state index contributed by atoms with van der Waals surface area (Å²) >= 11 is 0. The average Bonchev–Trinajstić information content (AvgIpc) is 1.62. The average molecular weight is 136 g/mol. The third-order valence-electron chi connectivity index (χ3n) is 0.887. The lowest BCUT2D eigenvalue weighted by Gasteiger charge is -2.08. The van der Waals surface area contributed by atoms with Gasteiger partial charge in [-0.05, 0) is 6.92 Å². The Bertz CT molecular complexity index is 149. The molecule has 0 aliphatic heterocycles. The first kappa shape index (κ1) is 7.91. The van der Waals surface area contributed by atoms with Crippen molar-refractivity contribution >= 4 is 10.0 Å². The van der Waals surface area contributed by atoms with E-state index in [-0.39, 0.29) is 0 Å². The van der Waals surface area contributed by atoms with E-state index in [0.717, 1.165) is 10.6 Å². The largest absolute Gasteiger partial charge is 0.213 e. The van der Waals surface area contributed by atoms with Gasteiger partial charge in [-0.2, -0.15) is 0 Å². The van der Waals surface area contributed by atoms with E-state index in [4.69, 9.17) is 0 Å². The van der Waals surface area contributed by atoms with Crippen LogP contribution in [-0.2, 0) is 10.0 Å². The number of nitrogens with zero attached hydrogens (tertiary/aromatic N) is 1. The maximum atomic E-state index is 10.5. The van der Waals surface area contributed by atoms with Gasteiger partial charge in [0.05, 0.1) is 6.26 Å². The molecule has 0 atom stereocenters. The van der Waals surface area contributed by atoms with Crippen molar-refractivity contribution in [2.45, 2.75) is 6.92 Å². The Morgan fingerprint density at radius 2 is 1.88 bits per heavy atom. The van der Waals surface area contributed by atoms with E-state index in [0.29, 0.717) is 0 Å². The molecule has 0 aliphatic rings. The van der Waals surface area contributed by atoms with Crippen molar-refractivity contribution in [2.75, 3.05) is 13.3 Å². The zero-order valence-electron chi connectivity index (χ0n) is 5.25. The fourth-order valence-corrected chi connectivity index (χ4v) is 0.574. The van der Waals surface area contributed by atoms with Crippen LogP contribution in [-0.4, -0.2) is 26.0 Å². The molecule has 0 amide bonds. The Morgan fingerprint density at radius 1 is 1.50 bits per heavy atom. The Labute approximate surface area is 50.4 Å². The van der Waals surface area contributed by atoms with Crippen molar-refractivity contribution < 1.29 is 8.42 Å². The van der Waals surface area contributed by atoms with Crippen molar-refractivity contribution in [2.24, 2.45) is 0 Å². The van der Waals surface area contributed by atoms with Gasteiger partial charge in [-0.25, -0.2) is 12.7 Å². The summed E-state index contributed by atoms with van der Waals surface area (Å²) in [5.41, 5.74) is 0. The van der Waals surface area contributed by atoms with E-state index in [9.17, 15) is 8.42 Å². The normalized spacial score (nSPS) is 12.5. The molecule has 0 aromatic heterocycles. The molecule has 8 heavy (non-hydrogen) atoms. The molecule has 0 rings (SSSR count). The second-order valence-electron chi connectivity index (χ2n) is 1.54. The minimum Gasteiger partial charge on any atom is -0.213 e. The molecular weight excluding hydrogens is 126 g/mol. The van der Waals surface area contributed by atoms with Crippen LogP contribution in [0, 0.1) is 6.54 Å². The molecule has 4 heteroatoms. The van der Waals surface area contributed by atoms with Gasteiger partial charge in [-0.15, -0.1) is 0 Å². The first-order chi connectivity index (χ1) is 3.48. The van der Waals surface area contributed by atoms with Crippen LogP contribution in [0.1, 0.15) is 6.92 Å². The fourth-order valence-electron chi connectivity index (χ4n) is 0.191. The third-order valence-corrected chi connectivity index (χ3v) is 2.14. The quantitative estimate of drug-likeness (QED) is 0.538. The van der Waals surface area contributed by atoms with Gasteiger partial charge in [0.15, 0.2) is 0 Å². The van der Waals surface area contributed by atoms with Crippen LogP contribution in [0.25, 0.3) is 0 Å². The summed E-state index contributed by atoms with van der Waals surface area (Å²) in [6, 6.07) is 0. The Balaban J connectivity index is 4.04. The first-order valence-electron chi connectivity index (χ1n) is 2.21. The van der Waals surface area contributed by atoms with E-state index in [1.807, 2.05) is 0 Å². The van der Waals surface area contributed by atoms with Crippen LogP contribution in [0.4, 0.5) is 0 Å².